The van der Waals surface area contributed by atoms with E-state index in [4.69, 9.17) is 27.9 Å². The molecule has 0 atom stereocenters. The Morgan fingerprint density at radius 2 is 1.72 bits per heavy atom. The Morgan fingerprint density at radius 3 is 2.45 bits per heavy atom. The van der Waals surface area contributed by atoms with E-state index in [9.17, 15) is 9.90 Å². The second kappa shape index (κ2) is 11.9. The van der Waals surface area contributed by atoms with Gasteiger partial charge in [0.05, 0.1) is 10.7 Å². The minimum Gasteiger partial charge on any atom is -0.504 e. The molecular formula is C23H29Cl2NO3. The van der Waals surface area contributed by atoms with Crippen LogP contribution in [0.2, 0.25) is 10.0 Å². The van der Waals surface area contributed by atoms with Crippen molar-refractivity contribution in [2.24, 2.45) is 0 Å². The van der Waals surface area contributed by atoms with Crippen molar-refractivity contribution in [1.29, 1.82) is 0 Å². The number of hydrogen-bond donors (Lipinski definition) is 2. The number of rotatable bonds is 10. The zero-order valence-electron chi connectivity index (χ0n) is 17.1. The summed E-state index contributed by atoms with van der Waals surface area (Å²) < 4.78 is 5.48. The third-order valence-corrected chi connectivity index (χ3v) is 5.74. The number of aromatic hydroxyl groups is 1. The molecule has 0 radical (unpaired) electrons. The van der Waals surface area contributed by atoms with E-state index in [2.05, 4.69) is 12.2 Å². The maximum atomic E-state index is 12.3. The number of carbonyl (C=O) groups is 1. The van der Waals surface area contributed by atoms with E-state index in [1.807, 2.05) is 18.2 Å². The highest BCUT2D eigenvalue weighted by atomic mass is 35.5. The number of hydrogen-bond acceptors (Lipinski definition) is 3. The highest BCUT2D eigenvalue weighted by Gasteiger charge is 2.16. The highest BCUT2D eigenvalue weighted by Crippen LogP contribution is 2.38. The first-order chi connectivity index (χ1) is 13.9. The van der Waals surface area contributed by atoms with E-state index < -0.39 is 6.09 Å². The van der Waals surface area contributed by atoms with Gasteiger partial charge in [0, 0.05) is 5.02 Å². The molecule has 6 heteroatoms. The Balaban J connectivity index is 1.92. The summed E-state index contributed by atoms with van der Waals surface area (Å²) in [6.07, 6.45) is 8.74. The van der Waals surface area contributed by atoms with Crippen molar-refractivity contribution in [2.75, 3.05) is 5.32 Å². The molecule has 1 amide bonds. The molecule has 0 fully saturated rings. The van der Waals surface area contributed by atoms with Gasteiger partial charge in [0.25, 0.3) is 0 Å². The molecular weight excluding hydrogens is 409 g/mol. The number of phenolic OH excluding ortho intramolecular Hbond substituents is 1. The topological polar surface area (TPSA) is 58.6 Å². The van der Waals surface area contributed by atoms with Crippen LogP contribution in [0.4, 0.5) is 10.5 Å². The second-order valence-electron chi connectivity index (χ2n) is 7.19. The van der Waals surface area contributed by atoms with Gasteiger partial charge < -0.3 is 9.84 Å². The Bertz CT molecular complexity index is 824. The van der Waals surface area contributed by atoms with Gasteiger partial charge in [-0.05, 0) is 43.0 Å². The van der Waals surface area contributed by atoms with Gasteiger partial charge in [-0.2, -0.15) is 0 Å². The van der Waals surface area contributed by atoms with E-state index in [0.29, 0.717) is 16.3 Å². The van der Waals surface area contributed by atoms with Crippen molar-refractivity contribution in [3.63, 3.8) is 0 Å². The van der Waals surface area contributed by atoms with Crippen molar-refractivity contribution >= 4 is 35.0 Å². The lowest BCUT2D eigenvalue weighted by molar-refractivity contribution is 0.214. The third-order valence-electron chi connectivity index (χ3n) is 4.88. The quantitative estimate of drug-likeness (QED) is 0.293. The molecule has 2 rings (SSSR count). The molecule has 0 aromatic heterocycles. The second-order valence-corrected chi connectivity index (χ2v) is 7.97. The number of nitrogens with one attached hydrogen (secondary N) is 1. The van der Waals surface area contributed by atoms with Crippen molar-refractivity contribution in [3.05, 3.63) is 51.5 Å². The van der Waals surface area contributed by atoms with Gasteiger partial charge in [-0.3, -0.25) is 5.32 Å². The van der Waals surface area contributed by atoms with Gasteiger partial charge in [-0.25, -0.2) is 4.79 Å². The Kier molecular flexibility index (Phi) is 9.62. The molecule has 0 aliphatic rings. The Morgan fingerprint density at radius 1 is 1.07 bits per heavy atom. The zero-order valence-corrected chi connectivity index (χ0v) is 18.6. The van der Waals surface area contributed by atoms with Crippen LogP contribution >= 0.6 is 23.2 Å². The SMILES string of the molecule is CCCCCCCCCc1ccccc1OC(=O)Nc1cc(Cl)c(C)c(Cl)c1O. The van der Waals surface area contributed by atoms with Crippen molar-refractivity contribution in [1.82, 2.24) is 0 Å². The summed E-state index contributed by atoms with van der Waals surface area (Å²) in [6, 6.07) is 8.95. The predicted octanol–water partition coefficient (Wildman–Crippen LogP) is 7.91. The lowest BCUT2D eigenvalue weighted by Gasteiger charge is -2.13. The number of halogens is 2. The van der Waals surface area contributed by atoms with Gasteiger partial charge in [-0.15, -0.1) is 0 Å². The summed E-state index contributed by atoms with van der Waals surface area (Å²) in [5, 5.41) is 13.1. The maximum Gasteiger partial charge on any atom is 0.417 e. The third kappa shape index (κ3) is 7.13. The van der Waals surface area contributed by atoms with E-state index >= 15 is 0 Å². The van der Waals surface area contributed by atoms with Crippen LogP contribution in [0.1, 0.15) is 63.0 Å². The van der Waals surface area contributed by atoms with Gasteiger partial charge in [0.1, 0.15) is 5.75 Å². The average Bonchev–Trinajstić information content (AvgIpc) is 2.71. The molecule has 0 aliphatic heterocycles. The summed E-state index contributed by atoms with van der Waals surface area (Å²) >= 11 is 12.1. The first-order valence-corrected chi connectivity index (χ1v) is 10.9. The standard InChI is InChI=1S/C23H29Cl2NO3/c1-3-4-5-6-7-8-9-12-17-13-10-11-14-20(17)29-23(28)26-19-15-18(24)16(2)21(25)22(19)27/h10-11,13-15,27H,3-9,12H2,1-2H3,(H,26,28). The lowest BCUT2D eigenvalue weighted by Crippen LogP contribution is -2.17. The fourth-order valence-electron chi connectivity index (χ4n) is 3.12. The number of para-hydroxylation sites is 1. The van der Waals surface area contributed by atoms with Crippen LogP contribution in [0.15, 0.2) is 30.3 Å². The highest BCUT2D eigenvalue weighted by molar-refractivity contribution is 6.37. The molecule has 0 spiro atoms. The number of anilines is 1. The number of aryl methyl sites for hydroxylation is 1. The summed E-state index contributed by atoms with van der Waals surface area (Å²) in [5.41, 5.74) is 1.64. The molecule has 29 heavy (non-hydrogen) atoms. The Hall–Kier alpha value is -1.91. The van der Waals surface area contributed by atoms with Crippen molar-refractivity contribution in [2.45, 2.75) is 65.2 Å². The summed E-state index contributed by atoms with van der Waals surface area (Å²) in [6.45, 7) is 3.91. The van der Waals surface area contributed by atoms with E-state index in [1.165, 1.54) is 44.6 Å². The van der Waals surface area contributed by atoms with Crippen LogP contribution in [-0.4, -0.2) is 11.2 Å². The van der Waals surface area contributed by atoms with E-state index in [0.717, 1.165) is 18.4 Å². The summed E-state index contributed by atoms with van der Waals surface area (Å²) in [5.74, 6) is 0.279. The van der Waals surface area contributed by atoms with Gasteiger partial charge in [0.2, 0.25) is 0 Å². The molecule has 0 bridgehead atoms. The number of carbonyl (C=O) groups excluding carboxylic acids is 1. The maximum absolute atomic E-state index is 12.3. The van der Waals surface area contributed by atoms with E-state index in [-0.39, 0.29) is 16.5 Å². The van der Waals surface area contributed by atoms with Crippen LogP contribution in [0, 0.1) is 6.92 Å². The minimum atomic E-state index is -0.705. The van der Waals surface area contributed by atoms with Gasteiger partial charge in [0.15, 0.2) is 5.75 Å². The molecule has 2 aromatic carbocycles. The van der Waals surface area contributed by atoms with Crippen LogP contribution in [0.25, 0.3) is 0 Å². The normalized spacial score (nSPS) is 10.8. The number of ether oxygens (including phenoxy) is 1. The molecule has 0 aliphatic carbocycles. The van der Waals surface area contributed by atoms with Crippen LogP contribution in [-0.2, 0) is 6.42 Å². The zero-order chi connectivity index (χ0) is 21.2. The number of unbranched alkanes of at least 4 members (excludes halogenated alkanes) is 6. The number of benzene rings is 2. The van der Waals surface area contributed by atoms with Gasteiger partial charge in [-0.1, -0.05) is 86.8 Å². The predicted molar refractivity (Wildman–Crippen MR) is 121 cm³/mol. The van der Waals surface area contributed by atoms with E-state index in [1.54, 1.807) is 13.0 Å². The molecule has 4 nitrogen and oxygen atoms in total. The summed E-state index contributed by atoms with van der Waals surface area (Å²) in [7, 11) is 0. The Labute approximate surface area is 183 Å². The number of amides is 1. The smallest absolute Gasteiger partial charge is 0.417 e. The molecule has 0 saturated carbocycles. The number of phenols is 1. The van der Waals surface area contributed by atoms with Gasteiger partial charge >= 0.3 is 6.09 Å². The van der Waals surface area contributed by atoms with Crippen LogP contribution in [0.5, 0.6) is 11.5 Å². The molecule has 0 saturated heterocycles. The minimum absolute atomic E-state index is 0.104. The fraction of sp³-hybridized carbons (Fsp3) is 0.435. The van der Waals surface area contributed by atoms with Crippen LogP contribution in [0.3, 0.4) is 0 Å². The van der Waals surface area contributed by atoms with Crippen molar-refractivity contribution in [3.8, 4) is 11.5 Å². The molecule has 0 heterocycles. The monoisotopic (exact) mass is 437 g/mol. The first-order valence-electron chi connectivity index (χ1n) is 10.2. The van der Waals surface area contributed by atoms with Crippen molar-refractivity contribution < 1.29 is 14.6 Å². The molecule has 0 unspecified atom stereocenters. The lowest BCUT2D eigenvalue weighted by atomic mass is 10.0. The molecule has 2 aromatic rings. The molecule has 158 valence electrons. The first kappa shape index (κ1) is 23.4. The summed E-state index contributed by atoms with van der Waals surface area (Å²) in [4.78, 5) is 12.3. The largest absolute Gasteiger partial charge is 0.504 e. The fourth-order valence-corrected chi connectivity index (χ4v) is 3.57. The average molecular weight is 438 g/mol. The van der Waals surface area contributed by atoms with Crippen LogP contribution < -0.4 is 10.1 Å². The molecule has 2 N–H and O–H groups in total.